The van der Waals surface area contributed by atoms with Crippen molar-refractivity contribution in [1.29, 1.82) is 0 Å². The Morgan fingerprint density at radius 1 is 1.47 bits per heavy atom. The van der Waals surface area contributed by atoms with E-state index in [1.54, 1.807) is 12.1 Å². The molecule has 0 saturated heterocycles. The second-order valence-corrected chi connectivity index (χ2v) is 4.03. The molecule has 0 aromatic carbocycles. The number of pyridine rings is 1. The third-order valence-corrected chi connectivity index (χ3v) is 2.46. The van der Waals surface area contributed by atoms with Gasteiger partial charge in [0, 0.05) is 11.3 Å². The lowest BCUT2D eigenvalue weighted by molar-refractivity contribution is 0.0949. The van der Waals surface area contributed by atoms with Crippen molar-refractivity contribution in [2.45, 2.75) is 26.3 Å². The quantitative estimate of drug-likeness (QED) is 0.699. The van der Waals surface area contributed by atoms with Crippen LogP contribution in [0, 0.1) is 0 Å². The minimum Gasteiger partial charge on any atom is -0.384 e. The van der Waals surface area contributed by atoms with E-state index < -0.39 is 0 Å². The molecule has 0 saturated carbocycles. The van der Waals surface area contributed by atoms with Crippen LogP contribution in [-0.2, 0) is 13.0 Å². The van der Waals surface area contributed by atoms with Gasteiger partial charge in [-0.2, -0.15) is 5.21 Å². The summed E-state index contributed by atoms with van der Waals surface area (Å²) in [7, 11) is 0. The number of tetrazole rings is 1. The number of hydrogen-bond donors (Lipinski definition) is 3. The first-order valence-electron chi connectivity index (χ1n) is 5.96. The normalized spacial score (nSPS) is 10.4. The number of nitrogens with zero attached hydrogens (tertiary/aromatic N) is 4. The third-order valence-electron chi connectivity index (χ3n) is 2.46. The maximum absolute atomic E-state index is 12.0. The van der Waals surface area contributed by atoms with E-state index in [0.29, 0.717) is 17.2 Å². The van der Waals surface area contributed by atoms with Crippen molar-refractivity contribution in [3.8, 4) is 0 Å². The SMILES string of the molecule is CCCc1cc(C(=O)NCc2nn[nH]n2)cc(N)n1. The zero-order valence-electron chi connectivity index (χ0n) is 10.6. The number of nitrogens with two attached hydrogens (primary N) is 1. The Labute approximate surface area is 109 Å². The van der Waals surface area contributed by atoms with Crippen molar-refractivity contribution in [3.63, 3.8) is 0 Å². The van der Waals surface area contributed by atoms with Gasteiger partial charge < -0.3 is 11.1 Å². The minimum atomic E-state index is -0.240. The molecule has 0 aliphatic heterocycles. The van der Waals surface area contributed by atoms with Gasteiger partial charge in [-0.15, -0.1) is 10.2 Å². The van der Waals surface area contributed by atoms with E-state index in [1.165, 1.54) is 0 Å². The van der Waals surface area contributed by atoms with E-state index in [2.05, 4.69) is 30.9 Å². The minimum absolute atomic E-state index is 0.209. The molecule has 0 bridgehead atoms. The van der Waals surface area contributed by atoms with Crippen LogP contribution in [0.2, 0.25) is 0 Å². The van der Waals surface area contributed by atoms with E-state index in [1.807, 2.05) is 6.92 Å². The average molecular weight is 261 g/mol. The number of aromatic nitrogens is 5. The average Bonchev–Trinajstić information content (AvgIpc) is 2.88. The summed E-state index contributed by atoms with van der Waals surface area (Å²) in [4.78, 5) is 16.1. The number of anilines is 1. The molecule has 4 N–H and O–H groups in total. The van der Waals surface area contributed by atoms with Crippen LogP contribution in [-0.4, -0.2) is 31.5 Å². The molecule has 0 fully saturated rings. The highest BCUT2D eigenvalue weighted by Gasteiger charge is 2.09. The molecular weight excluding hydrogens is 246 g/mol. The number of aromatic amines is 1. The van der Waals surface area contributed by atoms with Crippen LogP contribution >= 0.6 is 0 Å². The van der Waals surface area contributed by atoms with Crippen LogP contribution in [0.3, 0.4) is 0 Å². The number of nitrogens with one attached hydrogen (secondary N) is 2. The van der Waals surface area contributed by atoms with Crippen molar-refractivity contribution < 1.29 is 4.79 Å². The molecule has 0 spiro atoms. The number of H-pyrrole nitrogens is 1. The van der Waals surface area contributed by atoms with Crippen molar-refractivity contribution in [3.05, 3.63) is 29.2 Å². The second kappa shape index (κ2) is 5.89. The molecule has 2 aromatic heterocycles. The van der Waals surface area contributed by atoms with E-state index in [0.717, 1.165) is 18.5 Å². The Hall–Kier alpha value is -2.51. The summed E-state index contributed by atoms with van der Waals surface area (Å²) in [6, 6.07) is 3.29. The zero-order valence-corrected chi connectivity index (χ0v) is 10.6. The van der Waals surface area contributed by atoms with E-state index in [9.17, 15) is 4.79 Å². The predicted molar refractivity (Wildman–Crippen MR) is 68.0 cm³/mol. The molecule has 0 aliphatic rings. The summed E-state index contributed by atoms with van der Waals surface area (Å²) in [5.74, 6) is 0.524. The lowest BCUT2D eigenvalue weighted by Gasteiger charge is -2.06. The molecule has 8 nitrogen and oxygen atoms in total. The fraction of sp³-hybridized carbons (Fsp3) is 0.364. The van der Waals surface area contributed by atoms with Crippen LogP contribution in [0.5, 0.6) is 0 Å². The summed E-state index contributed by atoms with van der Waals surface area (Å²) in [6.45, 7) is 2.25. The van der Waals surface area contributed by atoms with E-state index >= 15 is 0 Å². The number of amides is 1. The van der Waals surface area contributed by atoms with Crippen molar-refractivity contribution in [1.82, 2.24) is 30.9 Å². The van der Waals surface area contributed by atoms with Gasteiger partial charge in [-0.05, 0) is 18.6 Å². The summed E-state index contributed by atoms with van der Waals surface area (Å²) in [6.07, 6.45) is 1.73. The first-order valence-corrected chi connectivity index (χ1v) is 5.96. The van der Waals surface area contributed by atoms with E-state index in [-0.39, 0.29) is 12.5 Å². The molecule has 0 radical (unpaired) electrons. The molecule has 0 unspecified atom stereocenters. The molecule has 1 amide bonds. The molecule has 19 heavy (non-hydrogen) atoms. The molecule has 100 valence electrons. The molecule has 2 rings (SSSR count). The van der Waals surface area contributed by atoms with Crippen molar-refractivity contribution >= 4 is 11.7 Å². The molecule has 8 heteroatoms. The van der Waals surface area contributed by atoms with Crippen LogP contribution in [0.25, 0.3) is 0 Å². The first-order chi connectivity index (χ1) is 9.19. The van der Waals surface area contributed by atoms with Gasteiger partial charge in [-0.1, -0.05) is 18.6 Å². The van der Waals surface area contributed by atoms with Gasteiger partial charge in [-0.25, -0.2) is 4.98 Å². The second-order valence-electron chi connectivity index (χ2n) is 4.03. The summed E-state index contributed by atoms with van der Waals surface area (Å²) in [5.41, 5.74) is 6.99. The monoisotopic (exact) mass is 261 g/mol. The Balaban J connectivity index is 2.05. The fourth-order valence-electron chi connectivity index (χ4n) is 1.64. The van der Waals surface area contributed by atoms with Crippen molar-refractivity contribution in [2.75, 3.05) is 5.73 Å². The van der Waals surface area contributed by atoms with Gasteiger partial charge in [-0.3, -0.25) is 4.79 Å². The maximum Gasteiger partial charge on any atom is 0.251 e. The molecule has 0 aliphatic carbocycles. The zero-order chi connectivity index (χ0) is 13.7. The predicted octanol–water partition coefficient (Wildman–Crippen LogP) is 0.0594. The lowest BCUT2D eigenvalue weighted by Crippen LogP contribution is -2.24. The highest BCUT2D eigenvalue weighted by molar-refractivity contribution is 5.94. The number of carbonyl (C=O) groups excluding carboxylic acids is 1. The van der Waals surface area contributed by atoms with Gasteiger partial charge in [0.15, 0.2) is 5.82 Å². The topological polar surface area (TPSA) is 122 Å². The number of nitrogen functional groups attached to an aromatic ring is 1. The van der Waals surface area contributed by atoms with Gasteiger partial charge in [0.1, 0.15) is 5.82 Å². The maximum atomic E-state index is 12.0. The fourth-order valence-corrected chi connectivity index (χ4v) is 1.64. The Morgan fingerprint density at radius 3 is 3.00 bits per heavy atom. The van der Waals surface area contributed by atoms with Crippen molar-refractivity contribution in [2.24, 2.45) is 0 Å². The summed E-state index contributed by atoms with van der Waals surface area (Å²) in [5, 5.41) is 15.9. The smallest absolute Gasteiger partial charge is 0.251 e. The molecule has 0 atom stereocenters. The Kier molecular flexibility index (Phi) is 4.01. The highest BCUT2D eigenvalue weighted by atomic mass is 16.1. The van der Waals surface area contributed by atoms with Gasteiger partial charge in [0.25, 0.3) is 5.91 Å². The van der Waals surface area contributed by atoms with Gasteiger partial charge >= 0.3 is 0 Å². The molecule has 2 aromatic rings. The Morgan fingerprint density at radius 2 is 2.32 bits per heavy atom. The number of hydrogen-bond acceptors (Lipinski definition) is 6. The van der Waals surface area contributed by atoms with Gasteiger partial charge in [0.05, 0.1) is 6.54 Å². The first kappa shape index (κ1) is 12.9. The van der Waals surface area contributed by atoms with Crippen LogP contribution in [0.4, 0.5) is 5.82 Å². The van der Waals surface area contributed by atoms with Crippen LogP contribution < -0.4 is 11.1 Å². The number of aryl methyl sites for hydroxylation is 1. The lowest BCUT2D eigenvalue weighted by atomic mass is 10.1. The Bertz CT molecular complexity index is 552. The van der Waals surface area contributed by atoms with Crippen LogP contribution in [0.1, 0.15) is 35.2 Å². The molecular formula is C11H15N7O. The number of rotatable bonds is 5. The molecule has 2 heterocycles. The summed E-state index contributed by atoms with van der Waals surface area (Å²) < 4.78 is 0. The number of carbonyl (C=O) groups is 1. The highest BCUT2D eigenvalue weighted by Crippen LogP contribution is 2.09. The third kappa shape index (κ3) is 3.47. The standard InChI is InChI=1S/C11H15N7O/c1-2-3-8-4-7(5-9(12)14-8)11(19)13-6-10-15-17-18-16-10/h4-5H,2-3,6H2,1H3,(H2,12,14)(H,13,19)(H,15,16,17,18). The van der Waals surface area contributed by atoms with Gasteiger partial charge in [0.2, 0.25) is 0 Å². The summed E-state index contributed by atoms with van der Waals surface area (Å²) >= 11 is 0. The van der Waals surface area contributed by atoms with E-state index in [4.69, 9.17) is 5.73 Å². The van der Waals surface area contributed by atoms with Crippen LogP contribution in [0.15, 0.2) is 12.1 Å². The largest absolute Gasteiger partial charge is 0.384 e.